The zero-order chi connectivity index (χ0) is 12.5. The Labute approximate surface area is 106 Å². The van der Waals surface area contributed by atoms with Gasteiger partial charge in [0.05, 0.1) is 5.56 Å². The summed E-state index contributed by atoms with van der Waals surface area (Å²) >= 11 is 5.77. The van der Waals surface area contributed by atoms with E-state index in [1.807, 2.05) is 0 Å². The number of rotatable bonds is 8. The van der Waals surface area contributed by atoms with E-state index in [0.29, 0.717) is 17.7 Å². The van der Waals surface area contributed by atoms with E-state index in [9.17, 15) is 4.79 Å². The van der Waals surface area contributed by atoms with Gasteiger partial charge < -0.3 is 10.1 Å². The maximum absolute atomic E-state index is 10.8. The van der Waals surface area contributed by atoms with Gasteiger partial charge in [0.25, 0.3) is 0 Å². The van der Waals surface area contributed by atoms with Crippen molar-refractivity contribution in [1.29, 1.82) is 0 Å². The molecule has 0 aliphatic carbocycles. The quantitative estimate of drug-likeness (QED) is 0.439. The van der Waals surface area contributed by atoms with E-state index in [4.69, 9.17) is 16.3 Å². The van der Waals surface area contributed by atoms with Gasteiger partial charge in [0.1, 0.15) is 17.3 Å². The molecule has 1 heterocycles. The molecule has 0 bridgehead atoms. The molecule has 0 aliphatic heterocycles. The number of methoxy groups -OCH3 is 1. The summed E-state index contributed by atoms with van der Waals surface area (Å²) < 4.78 is 4.95. The van der Waals surface area contributed by atoms with Crippen molar-refractivity contribution < 1.29 is 9.53 Å². The summed E-state index contributed by atoms with van der Waals surface area (Å²) in [6, 6.07) is 0. The van der Waals surface area contributed by atoms with Crippen LogP contribution < -0.4 is 5.32 Å². The highest BCUT2D eigenvalue weighted by atomic mass is 35.5. The van der Waals surface area contributed by atoms with Gasteiger partial charge >= 0.3 is 0 Å². The molecule has 94 valence electrons. The fourth-order valence-electron chi connectivity index (χ4n) is 1.37. The first-order valence-corrected chi connectivity index (χ1v) is 5.86. The number of nitrogens with one attached hydrogen (secondary N) is 1. The van der Waals surface area contributed by atoms with Gasteiger partial charge in [-0.2, -0.15) is 0 Å². The van der Waals surface area contributed by atoms with E-state index in [1.165, 1.54) is 6.33 Å². The molecule has 0 aromatic carbocycles. The topological polar surface area (TPSA) is 64.1 Å². The highest BCUT2D eigenvalue weighted by Gasteiger charge is 2.07. The summed E-state index contributed by atoms with van der Waals surface area (Å²) in [4.78, 5) is 18.5. The van der Waals surface area contributed by atoms with Crippen molar-refractivity contribution in [3.8, 4) is 0 Å². The molecule has 0 fully saturated rings. The molecule has 0 saturated heterocycles. The standard InChI is InChI=1S/C11H16ClN3O2/c1-17-6-4-2-3-5-13-11-9(7-16)10(12)14-8-15-11/h7-8H,2-6H2,1H3,(H,13,14,15). The maximum Gasteiger partial charge on any atom is 0.156 e. The normalized spacial score (nSPS) is 10.2. The summed E-state index contributed by atoms with van der Waals surface area (Å²) in [5.41, 5.74) is 0.311. The number of unbranched alkanes of at least 4 members (excludes halogenated alkanes) is 2. The fourth-order valence-corrected chi connectivity index (χ4v) is 1.55. The van der Waals surface area contributed by atoms with Crippen molar-refractivity contribution >= 4 is 23.7 Å². The van der Waals surface area contributed by atoms with Gasteiger partial charge in [-0.05, 0) is 19.3 Å². The smallest absolute Gasteiger partial charge is 0.156 e. The third-order valence-corrected chi connectivity index (χ3v) is 2.57. The lowest BCUT2D eigenvalue weighted by atomic mass is 10.2. The number of aromatic nitrogens is 2. The number of halogens is 1. The molecule has 0 unspecified atom stereocenters. The van der Waals surface area contributed by atoms with Crippen LogP contribution in [0.25, 0.3) is 0 Å². The first kappa shape index (κ1) is 13.9. The zero-order valence-electron chi connectivity index (χ0n) is 9.78. The minimum absolute atomic E-state index is 0.178. The summed E-state index contributed by atoms with van der Waals surface area (Å²) in [5.74, 6) is 0.492. The van der Waals surface area contributed by atoms with Crippen LogP contribution in [0, 0.1) is 0 Å². The van der Waals surface area contributed by atoms with Crippen molar-refractivity contribution in [1.82, 2.24) is 9.97 Å². The lowest BCUT2D eigenvalue weighted by Gasteiger charge is -2.07. The molecular formula is C11H16ClN3O2. The molecule has 0 saturated carbocycles. The molecule has 1 aromatic heterocycles. The third-order valence-electron chi connectivity index (χ3n) is 2.27. The van der Waals surface area contributed by atoms with Gasteiger partial charge in [0.2, 0.25) is 0 Å². The van der Waals surface area contributed by atoms with Crippen LogP contribution in [0.5, 0.6) is 0 Å². The maximum atomic E-state index is 10.8. The predicted molar refractivity (Wildman–Crippen MR) is 66.6 cm³/mol. The van der Waals surface area contributed by atoms with Crippen LogP contribution in [0.15, 0.2) is 6.33 Å². The SMILES string of the molecule is COCCCCCNc1ncnc(Cl)c1C=O. The number of hydrogen-bond acceptors (Lipinski definition) is 5. The Morgan fingerprint density at radius 1 is 1.41 bits per heavy atom. The molecule has 5 nitrogen and oxygen atoms in total. The van der Waals surface area contributed by atoms with Gasteiger partial charge in [-0.1, -0.05) is 11.6 Å². The average Bonchev–Trinajstić information content (AvgIpc) is 2.34. The number of anilines is 1. The molecule has 0 spiro atoms. The molecule has 0 aliphatic rings. The van der Waals surface area contributed by atoms with Crippen molar-refractivity contribution in [2.75, 3.05) is 25.6 Å². The minimum atomic E-state index is 0.178. The van der Waals surface area contributed by atoms with Crippen LogP contribution in [-0.4, -0.2) is 36.5 Å². The van der Waals surface area contributed by atoms with Gasteiger partial charge in [0.15, 0.2) is 6.29 Å². The first-order chi connectivity index (χ1) is 8.29. The first-order valence-electron chi connectivity index (χ1n) is 5.48. The Bertz CT molecular complexity index is 361. The van der Waals surface area contributed by atoms with Crippen LogP contribution in [0.2, 0.25) is 5.15 Å². The Kier molecular flexibility index (Phi) is 6.50. The Balaban J connectivity index is 2.36. The second kappa shape index (κ2) is 7.97. The van der Waals surface area contributed by atoms with Crippen LogP contribution in [0.1, 0.15) is 29.6 Å². The van der Waals surface area contributed by atoms with Crippen LogP contribution in [0.4, 0.5) is 5.82 Å². The van der Waals surface area contributed by atoms with Crippen molar-refractivity contribution in [3.63, 3.8) is 0 Å². The lowest BCUT2D eigenvalue weighted by Crippen LogP contribution is -2.07. The van der Waals surface area contributed by atoms with Crippen LogP contribution in [-0.2, 0) is 4.74 Å². The van der Waals surface area contributed by atoms with Crippen molar-refractivity contribution in [3.05, 3.63) is 17.0 Å². The Morgan fingerprint density at radius 3 is 2.94 bits per heavy atom. The number of aldehydes is 1. The summed E-state index contributed by atoms with van der Waals surface area (Å²) in [6.45, 7) is 1.52. The second-order valence-corrected chi connectivity index (χ2v) is 3.88. The van der Waals surface area contributed by atoms with E-state index in [-0.39, 0.29) is 5.15 Å². The minimum Gasteiger partial charge on any atom is -0.385 e. The van der Waals surface area contributed by atoms with Gasteiger partial charge in [-0.3, -0.25) is 4.79 Å². The Hall–Kier alpha value is -1.20. The van der Waals surface area contributed by atoms with Gasteiger partial charge in [0, 0.05) is 20.3 Å². The van der Waals surface area contributed by atoms with Crippen LogP contribution in [0.3, 0.4) is 0 Å². The summed E-state index contributed by atoms with van der Waals surface area (Å²) in [7, 11) is 1.69. The van der Waals surface area contributed by atoms with E-state index in [1.54, 1.807) is 7.11 Å². The van der Waals surface area contributed by atoms with Crippen molar-refractivity contribution in [2.45, 2.75) is 19.3 Å². The number of ether oxygens (including phenoxy) is 1. The molecule has 0 radical (unpaired) electrons. The number of carbonyl (C=O) groups excluding carboxylic acids is 1. The number of carbonyl (C=O) groups is 1. The number of hydrogen-bond donors (Lipinski definition) is 1. The van der Waals surface area contributed by atoms with E-state index in [2.05, 4.69) is 15.3 Å². The lowest BCUT2D eigenvalue weighted by molar-refractivity contribution is 0.112. The van der Waals surface area contributed by atoms with Crippen LogP contribution >= 0.6 is 11.6 Å². The molecular weight excluding hydrogens is 242 g/mol. The van der Waals surface area contributed by atoms with Crippen molar-refractivity contribution in [2.24, 2.45) is 0 Å². The Morgan fingerprint density at radius 2 is 2.24 bits per heavy atom. The highest BCUT2D eigenvalue weighted by molar-refractivity contribution is 6.32. The molecule has 0 amide bonds. The van der Waals surface area contributed by atoms with Gasteiger partial charge in [-0.15, -0.1) is 0 Å². The molecule has 0 atom stereocenters. The average molecular weight is 258 g/mol. The molecule has 1 N–H and O–H groups in total. The molecule has 6 heteroatoms. The largest absolute Gasteiger partial charge is 0.385 e. The third kappa shape index (κ3) is 4.66. The summed E-state index contributed by atoms with van der Waals surface area (Å²) in [5, 5.41) is 3.25. The zero-order valence-corrected chi connectivity index (χ0v) is 10.5. The second-order valence-electron chi connectivity index (χ2n) is 3.52. The fraction of sp³-hybridized carbons (Fsp3) is 0.545. The number of nitrogens with zero attached hydrogens (tertiary/aromatic N) is 2. The van der Waals surface area contributed by atoms with E-state index < -0.39 is 0 Å². The van der Waals surface area contributed by atoms with E-state index >= 15 is 0 Å². The molecule has 1 rings (SSSR count). The predicted octanol–water partition coefficient (Wildman–Crippen LogP) is 2.17. The van der Waals surface area contributed by atoms with Gasteiger partial charge in [-0.25, -0.2) is 9.97 Å². The highest BCUT2D eigenvalue weighted by Crippen LogP contribution is 2.17. The molecule has 17 heavy (non-hydrogen) atoms. The molecule has 1 aromatic rings. The monoisotopic (exact) mass is 257 g/mol. The summed E-state index contributed by atoms with van der Waals surface area (Å²) in [6.07, 6.45) is 5.08. The van der Waals surface area contributed by atoms with E-state index in [0.717, 1.165) is 32.4 Å².